The summed E-state index contributed by atoms with van der Waals surface area (Å²) in [5.41, 5.74) is 5.87. The van der Waals surface area contributed by atoms with Gasteiger partial charge in [0.15, 0.2) is 0 Å². The Morgan fingerprint density at radius 2 is 1.71 bits per heavy atom. The number of piperidine rings is 1. The molecule has 2 aliphatic heterocycles. The van der Waals surface area contributed by atoms with Crippen molar-refractivity contribution in [1.82, 2.24) is 10.2 Å². The monoisotopic (exact) mass is 286 g/mol. The van der Waals surface area contributed by atoms with E-state index in [1.54, 1.807) is 5.56 Å². The van der Waals surface area contributed by atoms with Gasteiger partial charge in [0.2, 0.25) is 0 Å². The van der Waals surface area contributed by atoms with Crippen LogP contribution in [-0.2, 0) is 6.54 Å². The molecule has 2 nitrogen and oxygen atoms in total. The lowest BCUT2D eigenvalue weighted by Crippen LogP contribution is -2.40. The van der Waals surface area contributed by atoms with Crippen LogP contribution in [0.2, 0.25) is 0 Å². The number of benzene rings is 1. The Morgan fingerprint density at radius 1 is 1.05 bits per heavy atom. The Morgan fingerprint density at radius 3 is 2.29 bits per heavy atom. The summed E-state index contributed by atoms with van der Waals surface area (Å²) in [6.07, 6.45) is 5.54. The number of rotatable bonds is 3. The van der Waals surface area contributed by atoms with E-state index in [1.807, 2.05) is 0 Å². The van der Waals surface area contributed by atoms with Crippen molar-refractivity contribution in [1.29, 1.82) is 0 Å². The molecule has 116 valence electrons. The van der Waals surface area contributed by atoms with Crippen LogP contribution in [0.5, 0.6) is 0 Å². The third-order valence-corrected chi connectivity index (χ3v) is 5.52. The van der Waals surface area contributed by atoms with Crippen LogP contribution in [0.25, 0.3) is 0 Å². The second kappa shape index (κ2) is 6.50. The quantitative estimate of drug-likeness (QED) is 0.913. The first kappa shape index (κ1) is 15.1. The summed E-state index contributed by atoms with van der Waals surface area (Å²) in [5, 5.41) is 3.70. The number of likely N-dealkylation sites (tertiary alicyclic amines) is 1. The molecular formula is C19H30N2. The average Bonchev–Trinajstić information content (AvgIpc) is 2.97. The van der Waals surface area contributed by atoms with Crippen molar-refractivity contribution >= 4 is 0 Å². The summed E-state index contributed by atoms with van der Waals surface area (Å²) in [4.78, 5) is 2.66. The maximum absolute atomic E-state index is 3.70. The normalized spacial score (nSPS) is 24.6. The Bertz CT molecular complexity index is 457. The summed E-state index contributed by atoms with van der Waals surface area (Å²) in [6, 6.07) is 5.48. The van der Waals surface area contributed by atoms with E-state index in [0.29, 0.717) is 0 Å². The third kappa shape index (κ3) is 3.49. The minimum Gasteiger partial charge on any atom is -0.314 e. The zero-order valence-corrected chi connectivity index (χ0v) is 13.9. The molecule has 0 bridgehead atoms. The van der Waals surface area contributed by atoms with Crippen LogP contribution in [0.3, 0.4) is 0 Å². The van der Waals surface area contributed by atoms with Crippen molar-refractivity contribution in [2.45, 2.75) is 59.0 Å². The van der Waals surface area contributed by atoms with Gasteiger partial charge in [-0.05, 0) is 88.7 Å². The Balaban J connectivity index is 1.58. The van der Waals surface area contributed by atoms with Crippen LogP contribution in [0.4, 0.5) is 0 Å². The van der Waals surface area contributed by atoms with E-state index < -0.39 is 0 Å². The Labute approximate surface area is 129 Å². The van der Waals surface area contributed by atoms with Gasteiger partial charge in [-0.1, -0.05) is 17.7 Å². The predicted octanol–water partition coefficient (Wildman–Crippen LogP) is 3.58. The van der Waals surface area contributed by atoms with Crippen molar-refractivity contribution in [3.63, 3.8) is 0 Å². The number of hydrogen-bond donors (Lipinski definition) is 1. The minimum absolute atomic E-state index is 0.815. The van der Waals surface area contributed by atoms with E-state index in [-0.39, 0.29) is 0 Å². The lowest BCUT2D eigenvalue weighted by molar-refractivity contribution is 0.157. The SMILES string of the molecule is Cc1cc(C)c(CN2CCC(C3CCCN3)CC2)c(C)c1. The van der Waals surface area contributed by atoms with Crippen LogP contribution < -0.4 is 5.32 Å². The molecule has 1 N–H and O–H groups in total. The summed E-state index contributed by atoms with van der Waals surface area (Å²) >= 11 is 0. The molecule has 0 saturated carbocycles. The van der Waals surface area contributed by atoms with Gasteiger partial charge < -0.3 is 5.32 Å². The van der Waals surface area contributed by atoms with Crippen LogP contribution in [0, 0.1) is 26.7 Å². The van der Waals surface area contributed by atoms with Gasteiger partial charge in [-0.15, -0.1) is 0 Å². The van der Waals surface area contributed by atoms with E-state index in [1.165, 1.54) is 62.0 Å². The topological polar surface area (TPSA) is 15.3 Å². The summed E-state index contributed by atoms with van der Waals surface area (Å²) in [7, 11) is 0. The zero-order chi connectivity index (χ0) is 14.8. The molecule has 2 heteroatoms. The molecule has 0 spiro atoms. The minimum atomic E-state index is 0.815. The van der Waals surface area contributed by atoms with Gasteiger partial charge in [0.1, 0.15) is 0 Å². The third-order valence-electron chi connectivity index (χ3n) is 5.52. The van der Waals surface area contributed by atoms with Gasteiger partial charge in [0, 0.05) is 12.6 Å². The smallest absolute Gasteiger partial charge is 0.0238 e. The summed E-state index contributed by atoms with van der Waals surface area (Å²) in [5.74, 6) is 0.920. The van der Waals surface area contributed by atoms with Crippen molar-refractivity contribution < 1.29 is 0 Å². The van der Waals surface area contributed by atoms with Crippen molar-refractivity contribution in [3.05, 3.63) is 34.4 Å². The van der Waals surface area contributed by atoms with Gasteiger partial charge in [0.25, 0.3) is 0 Å². The van der Waals surface area contributed by atoms with Crippen LogP contribution in [0.1, 0.15) is 47.9 Å². The van der Waals surface area contributed by atoms with Gasteiger partial charge in [-0.25, -0.2) is 0 Å². The molecule has 1 aromatic carbocycles. The first-order valence-electron chi connectivity index (χ1n) is 8.66. The van der Waals surface area contributed by atoms with E-state index in [0.717, 1.165) is 18.5 Å². The summed E-state index contributed by atoms with van der Waals surface area (Å²) in [6.45, 7) is 11.7. The average molecular weight is 286 g/mol. The van der Waals surface area contributed by atoms with Crippen molar-refractivity contribution in [3.8, 4) is 0 Å². The highest BCUT2D eigenvalue weighted by Crippen LogP contribution is 2.27. The zero-order valence-electron chi connectivity index (χ0n) is 13.9. The largest absolute Gasteiger partial charge is 0.314 e. The molecule has 1 atom stereocenters. The Kier molecular flexibility index (Phi) is 4.66. The molecule has 0 amide bonds. The second-order valence-corrected chi connectivity index (χ2v) is 7.19. The van der Waals surface area contributed by atoms with E-state index >= 15 is 0 Å². The lowest BCUT2D eigenvalue weighted by atomic mass is 9.88. The highest BCUT2D eigenvalue weighted by atomic mass is 15.1. The van der Waals surface area contributed by atoms with Crippen molar-refractivity contribution in [2.75, 3.05) is 19.6 Å². The van der Waals surface area contributed by atoms with E-state index in [4.69, 9.17) is 0 Å². The van der Waals surface area contributed by atoms with Gasteiger partial charge in [-0.2, -0.15) is 0 Å². The molecule has 3 rings (SSSR count). The molecule has 2 aliphatic rings. The predicted molar refractivity (Wildman–Crippen MR) is 89.7 cm³/mol. The van der Waals surface area contributed by atoms with Crippen LogP contribution in [0.15, 0.2) is 12.1 Å². The molecule has 1 unspecified atom stereocenters. The van der Waals surface area contributed by atoms with Gasteiger partial charge >= 0.3 is 0 Å². The molecule has 1 aromatic rings. The fourth-order valence-corrected chi connectivity index (χ4v) is 4.31. The summed E-state index contributed by atoms with van der Waals surface area (Å²) < 4.78 is 0. The number of nitrogens with zero attached hydrogens (tertiary/aromatic N) is 1. The first-order valence-corrected chi connectivity index (χ1v) is 8.66. The van der Waals surface area contributed by atoms with E-state index in [2.05, 4.69) is 43.1 Å². The maximum Gasteiger partial charge on any atom is 0.0238 e. The maximum atomic E-state index is 3.70. The molecule has 2 heterocycles. The van der Waals surface area contributed by atoms with Crippen molar-refractivity contribution in [2.24, 2.45) is 5.92 Å². The van der Waals surface area contributed by atoms with Crippen LogP contribution >= 0.6 is 0 Å². The highest BCUT2D eigenvalue weighted by Gasteiger charge is 2.28. The lowest BCUT2D eigenvalue weighted by Gasteiger charge is -2.35. The fourth-order valence-electron chi connectivity index (χ4n) is 4.31. The highest BCUT2D eigenvalue weighted by molar-refractivity contribution is 5.37. The first-order chi connectivity index (χ1) is 10.1. The number of hydrogen-bond acceptors (Lipinski definition) is 2. The molecular weight excluding hydrogens is 256 g/mol. The van der Waals surface area contributed by atoms with Gasteiger partial charge in [-0.3, -0.25) is 4.90 Å². The molecule has 21 heavy (non-hydrogen) atoms. The Hall–Kier alpha value is -0.860. The standard InChI is InChI=1S/C19H30N2/c1-14-11-15(2)18(16(3)12-14)13-21-9-6-17(7-10-21)19-5-4-8-20-19/h11-12,17,19-20H,4-10,13H2,1-3H3. The molecule has 2 saturated heterocycles. The molecule has 0 aromatic heterocycles. The second-order valence-electron chi connectivity index (χ2n) is 7.19. The van der Waals surface area contributed by atoms with Crippen LogP contribution in [-0.4, -0.2) is 30.6 Å². The number of aryl methyl sites for hydroxylation is 3. The van der Waals surface area contributed by atoms with Gasteiger partial charge in [0.05, 0.1) is 0 Å². The fraction of sp³-hybridized carbons (Fsp3) is 0.684. The molecule has 0 radical (unpaired) electrons. The molecule has 2 fully saturated rings. The van der Waals surface area contributed by atoms with E-state index in [9.17, 15) is 0 Å². The molecule has 0 aliphatic carbocycles. The number of nitrogens with one attached hydrogen (secondary N) is 1.